The number of nitrogens with zero attached hydrogens (tertiary/aromatic N) is 1. The minimum atomic E-state index is -1.44. The van der Waals surface area contributed by atoms with Crippen LogP contribution in [0.3, 0.4) is 0 Å². The number of esters is 1. The summed E-state index contributed by atoms with van der Waals surface area (Å²) in [6, 6.07) is 7.87. The first-order valence-electron chi connectivity index (χ1n) is 7.62. The zero-order valence-corrected chi connectivity index (χ0v) is 13.6. The first-order chi connectivity index (χ1) is 10.8. The molecule has 1 aliphatic rings. The van der Waals surface area contributed by atoms with Crippen molar-refractivity contribution in [1.29, 1.82) is 0 Å². The van der Waals surface area contributed by atoms with Gasteiger partial charge < -0.3 is 9.47 Å². The maximum Gasteiger partial charge on any atom is 0.411 e. The standard InChI is InChI=1S/C17H22FNO4/c1-17(2,3)23-16(21)19-10-9-13(18)14(19)15(20)22-11-12-7-5-4-6-8-12/h4-8,13-14H,9-11H2,1-3H3/t13?,14-/m0/s1. The molecule has 2 rings (SSSR count). The third kappa shape index (κ3) is 4.68. The van der Waals surface area contributed by atoms with Gasteiger partial charge in [0, 0.05) is 6.54 Å². The van der Waals surface area contributed by atoms with Crippen LogP contribution in [0.5, 0.6) is 0 Å². The summed E-state index contributed by atoms with van der Waals surface area (Å²) in [5.74, 6) is -0.746. The molecule has 0 N–H and O–H groups in total. The van der Waals surface area contributed by atoms with Gasteiger partial charge in [-0.2, -0.15) is 0 Å². The SMILES string of the molecule is CC(C)(C)OC(=O)N1CCC(F)[C@H]1C(=O)OCc1ccccc1. The van der Waals surface area contributed by atoms with Crippen molar-refractivity contribution in [3.05, 3.63) is 35.9 Å². The van der Waals surface area contributed by atoms with Gasteiger partial charge in [-0.3, -0.25) is 4.90 Å². The highest BCUT2D eigenvalue weighted by Gasteiger charge is 2.44. The lowest BCUT2D eigenvalue weighted by Crippen LogP contribution is -2.46. The van der Waals surface area contributed by atoms with Crippen molar-refractivity contribution >= 4 is 12.1 Å². The van der Waals surface area contributed by atoms with E-state index in [2.05, 4.69) is 0 Å². The number of amides is 1. The fraction of sp³-hybridized carbons (Fsp3) is 0.529. The van der Waals surface area contributed by atoms with Crippen LogP contribution in [0.25, 0.3) is 0 Å². The summed E-state index contributed by atoms with van der Waals surface area (Å²) in [5.41, 5.74) is 0.0994. The van der Waals surface area contributed by atoms with Crippen molar-refractivity contribution in [3.8, 4) is 0 Å². The maximum atomic E-state index is 14.1. The van der Waals surface area contributed by atoms with Crippen molar-refractivity contribution in [2.75, 3.05) is 6.54 Å². The second-order valence-corrected chi connectivity index (χ2v) is 6.52. The third-order valence-corrected chi connectivity index (χ3v) is 3.42. The van der Waals surface area contributed by atoms with Crippen LogP contribution in [0, 0.1) is 0 Å². The summed E-state index contributed by atoms with van der Waals surface area (Å²) >= 11 is 0. The van der Waals surface area contributed by atoms with Crippen LogP contribution >= 0.6 is 0 Å². The third-order valence-electron chi connectivity index (χ3n) is 3.42. The Kier molecular flexibility index (Phi) is 5.23. The summed E-state index contributed by atoms with van der Waals surface area (Å²) in [6.45, 7) is 5.34. The van der Waals surface area contributed by atoms with Crippen LogP contribution in [-0.4, -0.2) is 41.3 Å². The molecule has 1 aliphatic heterocycles. The Hall–Kier alpha value is -2.11. The van der Waals surface area contributed by atoms with E-state index in [9.17, 15) is 14.0 Å². The molecule has 2 atom stereocenters. The molecule has 0 saturated carbocycles. The molecule has 23 heavy (non-hydrogen) atoms. The molecule has 0 radical (unpaired) electrons. The van der Waals surface area contributed by atoms with Crippen LogP contribution < -0.4 is 0 Å². The predicted octanol–water partition coefficient (Wildman–Crippen LogP) is 3.08. The van der Waals surface area contributed by atoms with Crippen molar-refractivity contribution in [3.63, 3.8) is 0 Å². The first-order valence-corrected chi connectivity index (χ1v) is 7.62. The van der Waals surface area contributed by atoms with E-state index in [0.717, 1.165) is 10.5 Å². The molecule has 0 spiro atoms. The molecule has 1 amide bonds. The van der Waals surface area contributed by atoms with E-state index in [1.807, 2.05) is 18.2 Å². The zero-order chi connectivity index (χ0) is 17.0. The lowest BCUT2D eigenvalue weighted by atomic mass is 10.2. The Balaban J connectivity index is 1.99. The number of halogens is 1. The quantitative estimate of drug-likeness (QED) is 0.802. The second kappa shape index (κ2) is 6.98. The molecule has 1 unspecified atom stereocenters. The Morgan fingerprint density at radius 1 is 1.26 bits per heavy atom. The monoisotopic (exact) mass is 323 g/mol. The largest absolute Gasteiger partial charge is 0.459 e. The van der Waals surface area contributed by atoms with Gasteiger partial charge >= 0.3 is 12.1 Å². The zero-order valence-electron chi connectivity index (χ0n) is 13.6. The first kappa shape index (κ1) is 17.2. The van der Waals surface area contributed by atoms with Crippen LogP contribution in [0.4, 0.5) is 9.18 Å². The topological polar surface area (TPSA) is 55.8 Å². The molecule has 0 aliphatic carbocycles. The van der Waals surface area contributed by atoms with Crippen LogP contribution in [0.1, 0.15) is 32.8 Å². The van der Waals surface area contributed by atoms with E-state index < -0.39 is 29.9 Å². The molecule has 1 heterocycles. The second-order valence-electron chi connectivity index (χ2n) is 6.52. The number of likely N-dealkylation sites (tertiary alicyclic amines) is 1. The summed E-state index contributed by atoms with van der Waals surface area (Å²) in [4.78, 5) is 25.4. The van der Waals surface area contributed by atoms with Crippen molar-refractivity contribution in [1.82, 2.24) is 4.90 Å². The van der Waals surface area contributed by atoms with Crippen molar-refractivity contribution in [2.24, 2.45) is 0 Å². The Morgan fingerprint density at radius 2 is 1.91 bits per heavy atom. The Morgan fingerprint density at radius 3 is 2.52 bits per heavy atom. The highest BCUT2D eigenvalue weighted by molar-refractivity contribution is 5.83. The molecular formula is C17H22FNO4. The molecular weight excluding hydrogens is 301 g/mol. The average Bonchev–Trinajstić information content (AvgIpc) is 2.86. The molecule has 1 fully saturated rings. The van der Waals surface area contributed by atoms with Crippen LogP contribution in [0.2, 0.25) is 0 Å². The smallest absolute Gasteiger partial charge is 0.411 e. The van der Waals surface area contributed by atoms with Gasteiger partial charge in [0.05, 0.1) is 0 Å². The van der Waals surface area contributed by atoms with Crippen LogP contribution in [0.15, 0.2) is 30.3 Å². The summed E-state index contributed by atoms with van der Waals surface area (Å²) in [7, 11) is 0. The van der Waals surface area contributed by atoms with Gasteiger partial charge in [0.1, 0.15) is 18.4 Å². The molecule has 6 heteroatoms. The summed E-state index contributed by atoms with van der Waals surface area (Å²) in [6.07, 6.45) is -2.03. The predicted molar refractivity (Wildman–Crippen MR) is 82.5 cm³/mol. The van der Waals surface area contributed by atoms with E-state index in [1.54, 1.807) is 32.9 Å². The fourth-order valence-corrected chi connectivity index (χ4v) is 2.37. The number of benzene rings is 1. The Bertz CT molecular complexity index is 555. The number of hydrogen-bond acceptors (Lipinski definition) is 4. The van der Waals surface area contributed by atoms with Gasteiger partial charge in [-0.15, -0.1) is 0 Å². The molecule has 0 aromatic heterocycles. The highest BCUT2D eigenvalue weighted by Crippen LogP contribution is 2.25. The average molecular weight is 323 g/mol. The number of hydrogen-bond donors (Lipinski definition) is 0. The highest BCUT2D eigenvalue weighted by atomic mass is 19.1. The van der Waals surface area contributed by atoms with E-state index in [0.29, 0.717) is 0 Å². The number of alkyl halides is 1. The molecule has 0 bridgehead atoms. The normalized spacial score (nSPS) is 21.1. The molecule has 1 aromatic rings. The maximum absolute atomic E-state index is 14.1. The molecule has 1 aromatic carbocycles. The fourth-order valence-electron chi connectivity index (χ4n) is 2.37. The van der Waals surface area contributed by atoms with E-state index >= 15 is 0 Å². The minimum absolute atomic E-state index is 0.0467. The van der Waals surface area contributed by atoms with Crippen molar-refractivity contribution < 1.29 is 23.5 Å². The molecule has 5 nitrogen and oxygen atoms in total. The molecule has 1 saturated heterocycles. The number of carbonyl (C=O) groups excluding carboxylic acids is 2. The van der Waals surface area contributed by atoms with Gasteiger partial charge in [-0.25, -0.2) is 14.0 Å². The van der Waals surface area contributed by atoms with Gasteiger partial charge in [-0.1, -0.05) is 30.3 Å². The lowest BCUT2D eigenvalue weighted by molar-refractivity contribution is -0.151. The molecule has 126 valence electrons. The Labute approximate surface area is 135 Å². The van der Waals surface area contributed by atoms with Gasteiger partial charge in [0.2, 0.25) is 0 Å². The lowest BCUT2D eigenvalue weighted by Gasteiger charge is -2.27. The van der Waals surface area contributed by atoms with E-state index in [-0.39, 0.29) is 19.6 Å². The van der Waals surface area contributed by atoms with E-state index in [4.69, 9.17) is 9.47 Å². The van der Waals surface area contributed by atoms with Crippen molar-refractivity contribution in [2.45, 2.75) is 51.6 Å². The minimum Gasteiger partial charge on any atom is -0.459 e. The van der Waals surface area contributed by atoms with E-state index in [1.165, 1.54) is 0 Å². The number of ether oxygens (including phenoxy) is 2. The number of carbonyl (C=O) groups is 2. The van der Waals surface area contributed by atoms with Gasteiger partial charge in [0.25, 0.3) is 0 Å². The van der Waals surface area contributed by atoms with Gasteiger partial charge in [0.15, 0.2) is 6.04 Å². The summed E-state index contributed by atoms with van der Waals surface area (Å²) < 4.78 is 24.4. The number of rotatable bonds is 3. The van der Waals surface area contributed by atoms with Gasteiger partial charge in [-0.05, 0) is 32.8 Å². The summed E-state index contributed by atoms with van der Waals surface area (Å²) in [5, 5.41) is 0. The van der Waals surface area contributed by atoms with Crippen LogP contribution in [-0.2, 0) is 20.9 Å².